The van der Waals surface area contributed by atoms with E-state index in [4.69, 9.17) is 10.3 Å². The smallest absolute Gasteiger partial charge is 0.150 e. The van der Waals surface area contributed by atoms with Crippen LogP contribution in [0.25, 0.3) is 11.3 Å². The van der Waals surface area contributed by atoms with Crippen molar-refractivity contribution in [1.82, 2.24) is 10.1 Å². The molecule has 3 aromatic rings. The molecular formula is C17H18N4O. The molecule has 0 aliphatic rings. The maximum Gasteiger partial charge on any atom is 0.150 e. The molecule has 5 heteroatoms. The van der Waals surface area contributed by atoms with Crippen molar-refractivity contribution < 1.29 is 4.52 Å². The lowest BCUT2D eigenvalue weighted by atomic mass is 10.1. The van der Waals surface area contributed by atoms with Crippen LogP contribution in [0.2, 0.25) is 0 Å². The summed E-state index contributed by atoms with van der Waals surface area (Å²) in [5, 5.41) is 7.25. The van der Waals surface area contributed by atoms with Crippen molar-refractivity contribution in [1.29, 1.82) is 0 Å². The number of aryl methyl sites for hydroxylation is 2. The molecule has 1 aromatic carbocycles. The summed E-state index contributed by atoms with van der Waals surface area (Å²) >= 11 is 0. The molecule has 3 rings (SSSR count). The number of nitrogens with zero attached hydrogens (tertiary/aromatic N) is 2. The molecule has 0 bridgehead atoms. The second-order valence-electron chi connectivity index (χ2n) is 5.17. The van der Waals surface area contributed by atoms with Gasteiger partial charge in [0.15, 0.2) is 0 Å². The fourth-order valence-electron chi connectivity index (χ4n) is 2.38. The van der Waals surface area contributed by atoms with Gasteiger partial charge < -0.3 is 15.6 Å². The molecule has 0 spiro atoms. The fraction of sp³-hybridized carbons (Fsp3) is 0.176. The first kappa shape index (κ1) is 14.1. The largest absolute Gasteiger partial charge is 0.396 e. The number of nitrogens with one attached hydrogen (secondary N) is 1. The lowest BCUT2D eigenvalue weighted by Crippen LogP contribution is -2.05. The third kappa shape index (κ3) is 2.79. The Hall–Kier alpha value is -2.82. The number of nitrogens with two attached hydrogens (primary N) is 1. The normalized spacial score (nSPS) is 10.6. The molecule has 5 nitrogen and oxygen atoms in total. The van der Waals surface area contributed by atoms with E-state index in [0.29, 0.717) is 18.1 Å². The maximum absolute atomic E-state index is 6.02. The van der Waals surface area contributed by atoms with Crippen LogP contribution >= 0.6 is 0 Å². The summed E-state index contributed by atoms with van der Waals surface area (Å²) in [6.07, 6.45) is 0. The molecule has 2 aromatic heterocycles. The van der Waals surface area contributed by atoms with Crippen LogP contribution in [0.1, 0.15) is 17.0 Å². The summed E-state index contributed by atoms with van der Waals surface area (Å²) in [5.41, 5.74) is 10.4. The lowest BCUT2D eigenvalue weighted by molar-refractivity contribution is 0.393. The molecule has 3 N–H and O–H groups in total. The van der Waals surface area contributed by atoms with E-state index in [0.717, 1.165) is 22.7 Å². The van der Waals surface area contributed by atoms with Crippen molar-refractivity contribution in [2.24, 2.45) is 0 Å². The van der Waals surface area contributed by atoms with Crippen molar-refractivity contribution in [3.8, 4) is 11.3 Å². The van der Waals surface area contributed by atoms with Gasteiger partial charge in [-0.25, -0.2) is 4.98 Å². The Bertz CT molecular complexity index is 761. The molecule has 2 heterocycles. The SMILES string of the molecule is Cc1noc(C)c1-c1ccc(N)c(NCc2ccccc2)n1. The van der Waals surface area contributed by atoms with Crippen LogP contribution in [0.3, 0.4) is 0 Å². The van der Waals surface area contributed by atoms with Crippen molar-refractivity contribution >= 4 is 11.5 Å². The third-order valence-corrected chi connectivity index (χ3v) is 3.52. The number of benzene rings is 1. The van der Waals surface area contributed by atoms with Crippen molar-refractivity contribution in [3.63, 3.8) is 0 Å². The van der Waals surface area contributed by atoms with Crippen LogP contribution in [0.5, 0.6) is 0 Å². The molecule has 0 unspecified atom stereocenters. The van der Waals surface area contributed by atoms with Gasteiger partial charge >= 0.3 is 0 Å². The van der Waals surface area contributed by atoms with Gasteiger partial charge in [0.1, 0.15) is 11.6 Å². The van der Waals surface area contributed by atoms with Crippen LogP contribution in [-0.2, 0) is 6.54 Å². The van der Waals surface area contributed by atoms with Crippen molar-refractivity contribution in [3.05, 3.63) is 59.5 Å². The summed E-state index contributed by atoms with van der Waals surface area (Å²) in [6, 6.07) is 13.9. The summed E-state index contributed by atoms with van der Waals surface area (Å²) in [6.45, 7) is 4.45. The van der Waals surface area contributed by atoms with E-state index in [-0.39, 0.29) is 0 Å². The Kier molecular flexibility index (Phi) is 3.78. The van der Waals surface area contributed by atoms with Gasteiger partial charge in [0.25, 0.3) is 0 Å². The van der Waals surface area contributed by atoms with Crippen molar-refractivity contribution in [2.45, 2.75) is 20.4 Å². The van der Waals surface area contributed by atoms with Crippen LogP contribution in [0, 0.1) is 13.8 Å². The number of rotatable bonds is 4. The number of anilines is 2. The first-order valence-electron chi connectivity index (χ1n) is 7.12. The highest BCUT2D eigenvalue weighted by molar-refractivity contribution is 5.71. The van der Waals surface area contributed by atoms with Crippen molar-refractivity contribution in [2.75, 3.05) is 11.1 Å². The summed E-state index contributed by atoms with van der Waals surface area (Å²) in [7, 11) is 0. The zero-order valence-corrected chi connectivity index (χ0v) is 12.6. The predicted octanol–water partition coefficient (Wildman–Crippen LogP) is 3.55. The average Bonchev–Trinajstić information content (AvgIpc) is 2.87. The van der Waals surface area contributed by atoms with Gasteiger partial charge in [-0.05, 0) is 31.5 Å². The molecule has 0 saturated heterocycles. The van der Waals surface area contributed by atoms with Crippen LogP contribution in [0.4, 0.5) is 11.5 Å². The van der Waals surface area contributed by atoms with Gasteiger partial charge in [-0.15, -0.1) is 0 Å². The summed E-state index contributed by atoms with van der Waals surface area (Å²) in [4.78, 5) is 4.62. The highest BCUT2D eigenvalue weighted by Crippen LogP contribution is 2.28. The number of nitrogen functional groups attached to an aromatic ring is 1. The molecular weight excluding hydrogens is 276 g/mol. The maximum atomic E-state index is 6.02. The third-order valence-electron chi connectivity index (χ3n) is 3.52. The van der Waals surface area contributed by atoms with E-state index in [9.17, 15) is 0 Å². The molecule has 0 saturated carbocycles. The number of aromatic nitrogens is 2. The quantitative estimate of drug-likeness (QED) is 0.769. The van der Waals surface area contributed by atoms with Gasteiger partial charge in [0.2, 0.25) is 0 Å². The molecule has 0 aliphatic carbocycles. The molecule has 0 fully saturated rings. The van der Waals surface area contributed by atoms with Crippen LogP contribution in [0.15, 0.2) is 47.0 Å². The fourth-order valence-corrected chi connectivity index (χ4v) is 2.38. The van der Waals surface area contributed by atoms with E-state index in [1.54, 1.807) is 0 Å². The molecule has 0 atom stereocenters. The molecule has 22 heavy (non-hydrogen) atoms. The topological polar surface area (TPSA) is 77.0 Å². The number of hydrogen-bond donors (Lipinski definition) is 2. The number of hydrogen-bond acceptors (Lipinski definition) is 5. The Morgan fingerprint density at radius 2 is 1.86 bits per heavy atom. The highest BCUT2D eigenvalue weighted by Gasteiger charge is 2.14. The van der Waals surface area contributed by atoms with E-state index < -0.39 is 0 Å². The minimum atomic E-state index is 0.617. The average molecular weight is 294 g/mol. The Morgan fingerprint density at radius 3 is 2.55 bits per heavy atom. The van der Waals surface area contributed by atoms with E-state index in [1.165, 1.54) is 5.56 Å². The summed E-state index contributed by atoms with van der Waals surface area (Å²) < 4.78 is 5.21. The van der Waals surface area contributed by atoms with E-state index >= 15 is 0 Å². The van der Waals surface area contributed by atoms with Gasteiger partial charge in [0, 0.05) is 6.54 Å². The second kappa shape index (κ2) is 5.89. The minimum Gasteiger partial charge on any atom is -0.396 e. The monoisotopic (exact) mass is 294 g/mol. The number of pyridine rings is 1. The Balaban J connectivity index is 1.87. The lowest BCUT2D eigenvalue weighted by Gasteiger charge is -2.10. The zero-order valence-electron chi connectivity index (χ0n) is 12.6. The standard InChI is InChI=1S/C17H18N4O/c1-11-16(12(2)22-21-11)15-9-8-14(18)17(20-15)19-10-13-6-4-3-5-7-13/h3-9H,10,18H2,1-2H3,(H,19,20). The van der Waals surface area contributed by atoms with E-state index in [1.807, 2.05) is 44.2 Å². The summed E-state index contributed by atoms with van der Waals surface area (Å²) in [5.74, 6) is 1.42. The second-order valence-corrected chi connectivity index (χ2v) is 5.17. The zero-order chi connectivity index (χ0) is 15.5. The Labute approximate surface area is 129 Å². The minimum absolute atomic E-state index is 0.617. The van der Waals surface area contributed by atoms with Gasteiger partial charge in [-0.2, -0.15) is 0 Å². The molecule has 0 amide bonds. The van der Waals surface area contributed by atoms with Gasteiger partial charge in [-0.1, -0.05) is 35.5 Å². The van der Waals surface area contributed by atoms with E-state index in [2.05, 4.69) is 27.6 Å². The van der Waals surface area contributed by atoms with Crippen LogP contribution in [-0.4, -0.2) is 10.1 Å². The Morgan fingerprint density at radius 1 is 1.09 bits per heavy atom. The first-order valence-corrected chi connectivity index (χ1v) is 7.12. The predicted molar refractivity (Wildman–Crippen MR) is 87.4 cm³/mol. The molecule has 112 valence electrons. The van der Waals surface area contributed by atoms with Crippen LogP contribution < -0.4 is 11.1 Å². The van der Waals surface area contributed by atoms with Gasteiger partial charge in [-0.3, -0.25) is 0 Å². The first-order chi connectivity index (χ1) is 10.6. The highest BCUT2D eigenvalue weighted by atomic mass is 16.5. The molecule has 0 aliphatic heterocycles. The van der Waals surface area contributed by atoms with Gasteiger partial charge in [0.05, 0.1) is 22.6 Å². The molecule has 0 radical (unpaired) electrons.